The van der Waals surface area contributed by atoms with Crippen LogP contribution in [0.5, 0.6) is 0 Å². The van der Waals surface area contributed by atoms with E-state index in [1.54, 1.807) is 28.8 Å². The third kappa shape index (κ3) is 3.51. The van der Waals surface area contributed by atoms with Gasteiger partial charge in [0, 0.05) is 5.69 Å². The number of aromatic nitrogens is 3. The van der Waals surface area contributed by atoms with Crippen LogP contribution in [0.1, 0.15) is 15.9 Å². The van der Waals surface area contributed by atoms with Gasteiger partial charge in [-0.15, -0.1) is 0 Å². The van der Waals surface area contributed by atoms with Crippen molar-refractivity contribution in [1.29, 1.82) is 0 Å². The van der Waals surface area contributed by atoms with Crippen molar-refractivity contribution in [1.82, 2.24) is 14.5 Å². The van der Waals surface area contributed by atoms with Crippen LogP contribution in [0.4, 0.5) is 20.3 Å². The lowest BCUT2D eigenvalue weighted by atomic mass is 10.2. The Hall–Kier alpha value is -4.33. The first-order valence-corrected chi connectivity index (χ1v) is 9.85. The SMILES string of the molecule is Nc1c(C(=O)Nc2cccc(F)c2)c2nc3ccccc3nc2n1Cc1ccc(F)cc1. The molecule has 8 heteroatoms. The molecular formula is C24H17F2N5O. The zero-order chi connectivity index (χ0) is 22.2. The summed E-state index contributed by atoms with van der Waals surface area (Å²) in [6.07, 6.45) is 0. The molecule has 1 amide bonds. The van der Waals surface area contributed by atoms with Crippen molar-refractivity contribution in [2.24, 2.45) is 0 Å². The van der Waals surface area contributed by atoms with Crippen LogP contribution in [0.3, 0.4) is 0 Å². The summed E-state index contributed by atoms with van der Waals surface area (Å²) in [5, 5.41) is 2.68. The molecule has 0 bridgehead atoms. The minimum atomic E-state index is -0.527. The first kappa shape index (κ1) is 19.6. The maximum atomic E-state index is 13.6. The minimum absolute atomic E-state index is 0.143. The van der Waals surface area contributed by atoms with Crippen LogP contribution in [0, 0.1) is 11.6 Å². The maximum absolute atomic E-state index is 13.6. The molecule has 0 atom stereocenters. The largest absolute Gasteiger partial charge is 0.384 e. The van der Waals surface area contributed by atoms with Gasteiger partial charge in [0.15, 0.2) is 5.65 Å². The smallest absolute Gasteiger partial charge is 0.261 e. The Balaban J connectivity index is 1.67. The molecule has 5 rings (SSSR count). The highest BCUT2D eigenvalue weighted by molar-refractivity contribution is 6.16. The highest BCUT2D eigenvalue weighted by Gasteiger charge is 2.24. The number of nitrogen functional groups attached to an aromatic ring is 1. The molecule has 0 fully saturated rings. The Morgan fingerprint density at radius 3 is 2.34 bits per heavy atom. The van der Waals surface area contributed by atoms with Crippen LogP contribution in [0.2, 0.25) is 0 Å². The van der Waals surface area contributed by atoms with Crippen molar-refractivity contribution in [3.63, 3.8) is 0 Å². The van der Waals surface area contributed by atoms with E-state index in [1.807, 2.05) is 18.2 Å². The Bertz CT molecular complexity index is 1480. The number of carbonyl (C=O) groups is 1. The Morgan fingerprint density at radius 1 is 0.906 bits per heavy atom. The molecule has 2 aromatic heterocycles. The van der Waals surface area contributed by atoms with Gasteiger partial charge in [-0.05, 0) is 48.0 Å². The summed E-state index contributed by atoms with van der Waals surface area (Å²) in [4.78, 5) is 22.5. The lowest BCUT2D eigenvalue weighted by Crippen LogP contribution is -2.15. The normalized spacial score (nSPS) is 11.2. The third-order valence-electron chi connectivity index (χ3n) is 5.16. The second kappa shape index (κ2) is 7.73. The number of nitrogens with zero attached hydrogens (tertiary/aromatic N) is 3. The fourth-order valence-electron chi connectivity index (χ4n) is 3.63. The molecular weight excluding hydrogens is 412 g/mol. The van der Waals surface area contributed by atoms with Gasteiger partial charge in [0.2, 0.25) is 0 Å². The predicted molar refractivity (Wildman–Crippen MR) is 119 cm³/mol. The van der Waals surface area contributed by atoms with E-state index in [4.69, 9.17) is 5.73 Å². The molecule has 5 aromatic rings. The van der Waals surface area contributed by atoms with Gasteiger partial charge in [-0.3, -0.25) is 4.79 Å². The number of hydrogen-bond donors (Lipinski definition) is 2. The van der Waals surface area contributed by atoms with Crippen LogP contribution in [-0.2, 0) is 6.54 Å². The standard InChI is InChI=1S/C24H17F2N5O/c25-15-10-8-14(9-11-15)13-31-22(27)20(24(32)28-17-5-3-4-16(26)12-17)21-23(31)30-19-7-2-1-6-18(19)29-21/h1-12H,13,27H2,(H,28,32). The monoisotopic (exact) mass is 429 g/mol. The van der Waals surface area contributed by atoms with Gasteiger partial charge in [-0.2, -0.15) is 0 Å². The first-order valence-electron chi connectivity index (χ1n) is 9.85. The lowest BCUT2D eigenvalue weighted by Gasteiger charge is -2.09. The van der Waals surface area contributed by atoms with E-state index in [9.17, 15) is 13.6 Å². The number of nitrogens with one attached hydrogen (secondary N) is 1. The van der Waals surface area contributed by atoms with Gasteiger partial charge in [-0.1, -0.05) is 30.3 Å². The number of nitrogens with two attached hydrogens (primary N) is 1. The number of amides is 1. The van der Waals surface area contributed by atoms with Crippen LogP contribution in [-0.4, -0.2) is 20.4 Å². The second-order valence-corrected chi connectivity index (χ2v) is 7.32. The molecule has 0 aliphatic carbocycles. The quantitative estimate of drug-likeness (QED) is 0.432. The number of halogens is 2. The number of anilines is 2. The van der Waals surface area contributed by atoms with E-state index in [-0.39, 0.29) is 23.7 Å². The van der Waals surface area contributed by atoms with Gasteiger partial charge < -0.3 is 15.6 Å². The zero-order valence-corrected chi connectivity index (χ0v) is 16.7. The van der Waals surface area contributed by atoms with Crippen molar-refractivity contribution in [3.8, 4) is 0 Å². The lowest BCUT2D eigenvalue weighted by molar-refractivity contribution is 0.102. The number of fused-ring (bicyclic) bond motifs is 2. The summed E-state index contributed by atoms with van der Waals surface area (Å²) in [5.74, 6) is -1.19. The summed E-state index contributed by atoms with van der Waals surface area (Å²) in [6, 6.07) is 18.9. The second-order valence-electron chi connectivity index (χ2n) is 7.32. The Morgan fingerprint density at radius 2 is 1.62 bits per heavy atom. The number of hydrogen-bond acceptors (Lipinski definition) is 4. The maximum Gasteiger partial charge on any atom is 0.261 e. The molecule has 3 aromatic carbocycles. The third-order valence-corrected chi connectivity index (χ3v) is 5.16. The summed E-state index contributed by atoms with van der Waals surface area (Å²) in [7, 11) is 0. The number of benzene rings is 3. The molecule has 3 N–H and O–H groups in total. The zero-order valence-electron chi connectivity index (χ0n) is 16.7. The van der Waals surface area contributed by atoms with Gasteiger partial charge in [0.05, 0.1) is 17.6 Å². The minimum Gasteiger partial charge on any atom is -0.384 e. The summed E-state index contributed by atoms with van der Waals surface area (Å²) in [5.41, 5.74) is 9.65. The van der Waals surface area contributed by atoms with Crippen molar-refractivity contribution in [2.75, 3.05) is 11.1 Å². The summed E-state index contributed by atoms with van der Waals surface area (Å²) < 4.78 is 28.6. The fraction of sp³-hybridized carbons (Fsp3) is 0.0417. The van der Waals surface area contributed by atoms with Crippen molar-refractivity contribution in [2.45, 2.75) is 6.54 Å². The van der Waals surface area contributed by atoms with E-state index in [0.717, 1.165) is 5.56 Å². The van der Waals surface area contributed by atoms with Gasteiger partial charge in [0.1, 0.15) is 28.5 Å². The molecule has 158 valence electrons. The number of rotatable bonds is 4. The predicted octanol–water partition coefficient (Wildman–Crippen LogP) is 4.75. The molecule has 0 spiro atoms. The van der Waals surface area contributed by atoms with Crippen molar-refractivity contribution in [3.05, 3.63) is 95.6 Å². The molecule has 32 heavy (non-hydrogen) atoms. The van der Waals surface area contributed by atoms with Gasteiger partial charge >= 0.3 is 0 Å². The van der Waals surface area contributed by atoms with Crippen molar-refractivity contribution < 1.29 is 13.6 Å². The molecule has 0 aliphatic rings. The molecule has 0 saturated carbocycles. The topological polar surface area (TPSA) is 85.8 Å². The van der Waals surface area contributed by atoms with E-state index in [2.05, 4.69) is 15.3 Å². The average Bonchev–Trinajstić information content (AvgIpc) is 3.04. The summed E-state index contributed by atoms with van der Waals surface area (Å²) >= 11 is 0. The molecule has 0 radical (unpaired) electrons. The van der Waals surface area contributed by atoms with Gasteiger partial charge in [0.25, 0.3) is 5.91 Å². The molecule has 6 nitrogen and oxygen atoms in total. The van der Waals surface area contributed by atoms with E-state index in [0.29, 0.717) is 27.9 Å². The van der Waals surface area contributed by atoms with Crippen LogP contribution in [0.25, 0.3) is 22.2 Å². The van der Waals surface area contributed by atoms with E-state index >= 15 is 0 Å². The molecule has 0 saturated heterocycles. The average molecular weight is 429 g/mol. The van der Waals surface area contributed by atoms with Crippen LogP contribution in [0.15, 0.2) is 72.8 Å². The van der Waals surface area contributed by atoms with Crippen LogP contribution >= 0.6 is 0 Å². The van der Waals surface area contributed by atoms with Gasteiger partial charge in [-0.25, -0.2) is 18.7 Å². The highest BCUT2D eigenvalue weighted by Crippen LogP contribution is 2.29. The van der Waals surface area contributed by atoms with E-state index in [1.165, 1.54) is 30.3 Å². The number of para-hydroxylation sites is 2. The highest BCUT2D eigenvalue weighted by atomic mass is 19.1. The molecule has 0 unspecified atom stereocenters. The number of carbonyl (C=O) groups excluding carboxylic acids is 1. The fourth-order valence-corrected chi connectivity index (χ4v) is 3.63. The first-order chi connectivity index (χ1) is 15.5. The summed E-state index contributed by atoms with van der Waals surface area (Å²) in [6.45, 7) is 0.267. The van der Waals surface area contributed by atoms with Crippen molar-refractivity contribution >= 4 is 39.6 Å². The molecule has 0 aliphatic heterocycles. The van der Waals surface area contributed by atoms with Crippen LogP contribution < -0.4 is 11.1 Å². The Kier molecular flexibility index (Phi) is 4.74. The van der Waals surface area contributed by atoms with E-state index < -0.39 is 11.7 Å². The molecule has 2 heterocycles. The Labute approximate surface area is 181 Å².